The Hall–Kier alpha value is -1.83. The van der Waals surface area contributed by atoms with Crippen LogP contribution in [0.5, 0.6) is 0 Å². The molecule has 3 rings (SSSR count). The summed E-state index contributed by atoms with van der Waals surface area (Å²) in [5.74, 6) is 0. The first-order valence-electron chi connectivity index (χ1n) is 4.65. The second-order valence-electron chi connectivity index (χ2n) is 3.50. The van der Waals surface area contributed by atoms with Gasteiger partial charge in [0.25, 0.3) is 5.52 Å². The third kappa shape index (κ3) is 0.940. The van der Waals surface area contributed by atoms with Crippen molar-refractivity contribution in [1.82, 2.24) is 0 Å². The van der Waals surface area contributed by atoms with Crippen LogP contribution < -0.4 is 4.57 Å². The van der Waals surface area contributed by atoms with Gasteiger partial charge in [-0.25, -0.2) is 4.52 Å². The van der Waals surface area contributed by atoms with Crippen LogP contribution in [0, 0.1) is 6.92 Å². The molecule has 2 heterocycles. The fourth-order valence-electron chi connectivity index (χ4n) is 1.74. The number of pyridine rings is 1. The molecule has 68 valence electrons. The SMILES string of the molecule is Cc1ccc2c(c1)o[n+]1ccccc21. The van der Waals surface area contributed by atoms with Gasteiger partial charge in [0, 0.05) is 16.7 Å². The van der Waals surface area contributed by atoms with Crippen LogP contribution in [0.3, 0.4) is 0 Å². The number of hydrogen-bond donors (Lipinski definition) is 0. The van der Waals surface area contributed by atoms with Gasteiger partial charge in [0.05, 0.1) is 0 Å². The molecule has 3 aromatic rings. The first-order valence-corrected chi connectivity index (χ1v) is 4.65. The first-order chi connectivity index (χ1) is 6.84. The molecule has 1 aromatic carbocycles. The zero-order chi connectivity index (χ0) is 9.54. The highest BCUT2D eigenvalue weighted by atomic mass is 16.5. The Morgan fingerprint density at radius 1 is 1.14 bits per heavy atom. The summed E-state index contributed by atoms with van der Waals surface area (Å²) in [6.07, 6.45) is 1.92. The molecule has 0 spiro atoms. The largest absolute Gasteiger partial charge is 0.269 e. The van der Waals surface area contributed by atoms with E-state index in [1.54, 1.807) is 4.57 Å². The van der Waals surface area contributed by atoms with Gasteiger partial charge in [-0.2, -0.15) is 0 Å². The maximum atomic E-state index is 5.65. The molecule has 0 atom stereocenters. The minimum atomic E-state index is 0.941. The van der Waals surface area contributed by atoms with Crippen molar-refractivity contribution >= 4 is 16.5 Å². The standard InChI is InChI=1S/C12H10NO/c1-9-5-6-10-11-4-2-3-7-13(11)14-12(10)8-9/h2-8H,1H3/q+1. The Bertz CT molecular complexity index is 610. The van der Waals surface area contributed by atoms with Gasteiger partial charge in [0.1, 0.15) is 5.39 Å². The molecule has 0 amide bonds. The normalized spacial score (nSPS) is 11.2. The van der Waals surface area contributed by atoms with Crippen molar-refractivity contribution in [1.29, 1.82) is 0 Å². The molecule has 0 radical (unpaired) electrons. The van der Waals surface area contributed by atoms with E-state index in [-0.39, 0.29) is 0 Å². The molecule has 0 saturated carbocycles. The van der Waals surface area contributed by atoms with Crippen molar-refractivity contribution in [3.63, 3.8) is 0 Å². The molecule has 14 heavy (non-hydrogen) atoms. The predicted molar refractivity (Wildman–Crippen MR) is 54.1 cm³/mol. The monoisotopic (exact) mass is 184 g/mol. The lowest BCUT2D eigenvalue weighted by Gasteiger charge is -1.85. The average Bonchev–Trinajstić information content (AvgIpc) is 2.54. The third-order valence-electron chi connectivity index (χ3n) is 2.43. The first kappa shape index (κ1) is 7.56. The van der Waals surface area contributed by atoms with E-state index < -0.39 is 0 Å². The van der Waals surface area contributed by atoms with Gasteiger partial charge in [-0.3, -0.25) is 0 Å². The topological polar surface area (TPSA) is 17.2 Å². The Labute approximate surface area is 81.4 Å². The lowest BCUT2D eigenvalue weighted by molar-refractivity contribution is -0.712. The van der Waals surface area contributed by atoms with E-state index in [1.807, 2.05) is 18.3 Å². The molecule has 2 aromatic heterocycles. The molecule has 2 nitrogen and oxygen atoms in total. The smallest absolute Gasteiger partial charge is 0.230 e. The molecular formula is C12H10NO+. The van der Waals surface area contributed by atoms with E-state index >= 15 is 0 Å². The highest BCUT2D eigenvalue weighted by Crippen LogP contribution is 2.18. The molecule has 0 aliphatic rings. The molecule has 0 bridgehead atoms. The maximum Gasteiger partial charge on any atom is 0.269 e. The van der Waals surface area contributed by atoms with Crippen molar-refractivity contribution in [2.75, 3.05) is 0 Å². The van der Waals surface area contributed by atoms with Crippen LogP contribution in [0.1, 0.15) is 5.56 Å². The lowest BCUT2D eigenvalue weighted by atomic mass is 10.2. The number of aromatic nitrogens is 1. The molecule has 2 heteroatoms. The van der Waals surface area contributed by atoms with E-state index in [9.17, 15) is 0 Å². The third-order valence-corrected chi connectivity index (χ3v) is 2.43. The molecule has 0 aliphatic carbocycles. The van der Waals surface area contributed by atoms with Gasteiger partial charge in [-0.1, -0.05) is 6.07 Å². The van der Waals surface area contributed by atoms with Crippen molar-refractivity contribution in [2.24, 2.45) is 0 Å². The van der Waals surface area contributed by atoms with Gasteiger partial charge >= 0.3 is 0 Å². The van der Waals surface area contributed by atoms with E-state index in [1.165, 1.54) is 5.56 Å². The molecule has 0 N–H and O–H groups in total. The molecule has 0 saturated heterocycles. The van der Waals surface area contributed by atoms with Crippen LogP contribution in [0.2, 0.25) is 0 Å². The van der Waals surface area contributed by atoms with Crippen LogP contribution in [0.4, 0.5) is 0 Å². The molecule has 0 fully saturated rings. The quantitative estimate of drug-likeness (QED) is 0.490. The Morgan fingerprint density at radius 2 is 2.07 bits per heavy atom. The van der Waals surface area contributed by atoms with E-state index in [0.29, 0.717) is 0 Å². The van der Waals surface area contributed by atoms with Gasteiger partial charge in [-0.05, 0) is 30.7 Å². The minimum Gasteiger partial charge on any atom is -0.230 e. The summed E-state index contributed by atoms with van der Waals surface area (Å²) in [5, 5.41) is 1.16. The fourth-order valence-corrected chi connectivity index (χ4v) is 1.74. The Kier molecular flexibility index (Phi) is 1.39. The number of benzene rings is 1. The molecular weight excluding hydrogens is 174 g/mol. The second kappa shape index (κ2) is 2.58. The van der Waals surface area contributed by atoms with Gasteiger partial charge in [0.15, 0.2) is 0 Å². The minimum absolute atomic E-state index is 0.941. The van der Waals surface area contributed by atoms with Crippen LogP contribution in [0.25, 0.3) is 16.5 Å². The summed E-state index contributed by atoms with van der Waals surface area (Å²) >= 11 is 0. The summed E-state index contributed by atoms with van der Waals surface area (Å²) in [4.78, 5) is 0. The number of aryl methyl sites for hydroxylation is 1. The van der Waals surface area contributed by atoms with Crippen molar-refractivity contribution in [3.05, 3.63) is 48.2 Å². The lowest BCUT2D eigenvalue weighted by Crippen LogP contribution is -2.15. The number of hydrogen-bond acceptors (Lipinski definition) is 1. The van der Waals surface area contributed by atoms with E-state index in [2.05, 4.69) is 31.2 Å². The van der Waals surface area contributed by atoms with E-state index in [4.69, 9.17) is 4.52 Å². The van der Waals surface area contributed by atoms with Gasteiger partial charge in [-0.15, -0.1) is 0 Å². The summed E-state index contributed by atoms with van der Waals surface area (Å²) < 4.78 is 7.45. The summed E-state index contributed by atoms with van der Waals surface area (Å²) in [6.45, 7) is 2.07. The van der Waals surface area contributed by atoms with Crippen molar-refractivity contribution in [3.8, 4) is 0 Å². The maximum absolute atomic E-state index is 5.65. The highest BCUT2D eigenvalue weighted by Gasteiger charge is 2.12. The summed E-state index contributed by atoms with van der Waals surface area (Å²) in [7, 11) is 0. The van der Waals surface area contributed by atoms with Crippen molar-refractivity contribution in [2.45, 2.75) is 6.92 Å². The van der Waals surface area contributed by atoms with Crippen LogP contribution in [0.15, 0.2) is 47.1 Å². The van der Waals surface area contributed by atoms with Crippen LogP contribution >= 0.6 is 0 Å². The number of fused-ring (bicyclic) bond motifs is 3. The summed E-state index contributed by atoms with van der Waals surface area (Å²) in [5.41, 5.74) is 3.27. The highest BCUT2D eigenvalue weighted by molar-refractivity contribution is 5.90. The fraction of sp³-hybridized carbons (Fsp3) is 0.0833. The predicted octanol–water partition coefficient (Wildman–Crippen LogP) is 2.48. The molecule has 0 unspecified atom stereocenters. The van der Waals surface area contributed by atoms with Crippen molar-refractivity contribution < 1.29 is 9.10 Å². The van der Waals surface area contributed by atoms with Crippen LogP contribution in [-0.2, 0) is 0 Å². The average molecular weight is 184 g/mol. The summed E-state index contributed by atoms with van der Waals surface area (Å²) in [6, 6.07) is 12.3. The Balaban J connectivity index is 2.57. The molecule has 0 aliphatic heterocycles. The van der Waals surface area contributed by atoms with Crippen LogP contribution in [-0.4, -0.2) is 0 Å². The van der Waals surface area contributed by atoms with E-state index in [0.717, 1.165) is 16.5 Å². The van der Waals surface area contributed by atoms with Gasteiger partial charge < -0.3 is 0 Å². The zero-order valence-corrected chi connectivity index (χ0v) is 7.90. The Morgan fingerprint density at radius 3 is 3.00 bits per heavy atom. The number of nitrogens with zero attached hydrogens (tertiary/aromatic N) is 1. The van der Waals surface area contributed by atoms with Gasteiger partial charge in [0.2, 0.25) is 11.8 Å². The number of rotatable bonds is 0. The zero-order valence-electron chi connectivity index (χ0n) is 7.90. The second-order valence-corrected chi connectivity index (χ2v) is 3.50.